The van der Waals surface area contributed by atoms with Gasteiger partial charge in [-0.25, -0.2) is 28.8 Å². The summed E-state index contributed by atoms with van der Waals surface area (Å²) in [6.07, 6.45) is 4.55. The van der Waals surface area contributed by atoms with Gasteiger partial charge in [0.1, 0.15) is 18.7 Å². The molecule has 1 aliphatic rings. The Morgan fingerprint density at radius 2 is 2.22 bits per heavy atom. The van der Waals surface area contributed by atoms with Crippen LogP contribution >= 0.6 is 19.5 Å². The zero-order valence-electron chi connectivity index (χ0n) is 17.7. The fraction of sp³-hybridized carbons (Fsp3) is 0.556. The maximum atomic E-state index is 12.3. The number of imidazole rings is 2. The molecule has 1 fully saturated rings. The van der Waals surface area contributed by atoms with E-state index in [1.54, 1.807) is 22.7 Å². The second-order valence-corrected chi connectivity index (χ2v) is 9.98. The Morgan fingerprint density at radius 1 is 1.38 bits per heavy atom. The number of anilines is 1. The molecule has 3 aromatic rings. The molecule has 4 heterocycles. The number of nitrogens with zero attached hydrogens (tertiary/aromatic N) is 6. The van der Waals surface area contributed by atoms with Gasteiger partial charge in [-0.05, 0) is 13.3 Å². The average Bonchev–Trinajstić information content (AvgIpc) is 3.51. The number of hydrogen-bond acceptors (Lipinski definition) is 10. The topological polar surface area (TPSA) is 149 Å². The number of ether oxygens (including phenoxy) is 1. The SMILES string of the molecule is CCCSc1nc(NCC)c2ncn([C@H]3C[C@H](O)[C@@H](COP(=O)(O)n4ccnc4)O3)c2n1. The summed E-state index contributed by atoms with van der Waals surface area (Å²) in [5.74, 6) is 1.54. The largest absolute Gasteiger partial charge is 0.437 e. The van der Waals surface area contributed by atoms with Crippen LogP contribution in [-0.4, -0.2) is 70.0 Å². The van der Waals surface area contributed by atoms with Gasteiger partial charge in [0.05, 0.1) is 19.0 Å². The molecule has 0 amide bonds. The number of aromatic nitrogens is 6. The van der Waals surface area contributed by atoms with Crippen molar-refractivity contribution in [2.75, 3.05) is 24.2 Å². The Labute approximate surface area is 189 Å². The molecule has 0 spiro atoms. The summed E-state index contributed by atoms with van der Waals surface area (Å²) in [6, 6.07) is 0. The Hall–Kier alpha value is -2.02. The number of rotatable bonds is 10. The van der Waals surface area contributed by atoms with E-state index in [4.69, 9.17) is 9.26 Å². The highest BCUT2D eigenvalue weighted by molar-refractivity contribution is 7.99. The average molecular weight is 483 g/mol. The molecule has 3 N–H and O–H groups in total. The lowest BCUT2D eigenvalue weighted by molar-refractivity contribution is -0.0400. The van der Waals surface area contributed by atoms with Gasteiger partial charge in [0.25, 0.3) is 0 Å². The first kappa shape index (κ1) is 23.1. The van der Waals surface area contributed by atoms with E-state index >= 15 is 0 Å². The van der Waals surface area contributed by atoms with Crippen molar-refractivity contribution < 1.29 is 23.8 Å². The highest BCUT2D eigenvalue weighted by atomic mass is 32.2. The predicted octanol–water partition coefficient (Wildman–Crippen LogP) is 2.27. The van der Waals surface area contributed by atoms with Crippen LogP contribution in [0.4, 0.5) is 5.82 Å². The standard InChI is InChI=1S/C18H26N7O5PS/c1-3-7-32-18-22-16(20-4-2)15-17(23-18)25(11-21-15)14-8-12(26)13(30-14)9-29-31(27,28)24-6-5-19-10-24/h5-6,10-14,26H,3-4,7-9H2,1-2H3,(H,27,28)(H,20,22,23)/t12-,13+,14+/m0/s1. The minimum absolute atomic E-state index is 0.258. The fourth-order valence-electron chi connectivity index (χ4n) is 3.33. The van der Waals surface area contributed by atoms with Crippen molar-refractivity contribution in [2.45, 2.75) is 50.3 Å². The van der Waals surface area contributed by atoms with Crippen molar-refractivity contribution >= 4 is 36.5 Å². The van der Waals surface area contributed by atoms with Crippen LogP contribution in [0.15, 0.2) is 30.2 Å². The van der Waals surface area contributed by atoms with Crippen molar-refractivity contribution in [3.63, 3.8) is 0 Å². The van der Waals surface area contributed by atoms with Crippen LogP contribution in [0, 0.1) is 0 Å². The predicted molar refractivity (Wildman–Crippen MR) is 118 cm³/mol. The molecule has 3 aromatic heterocycles. The highest BCUT2D eigenvalue weighted by Gasteiger charge is 2.38. The molecular weight excluding hydrogens is 457 g/mol. The quantitative estimate of drug-likeness (QED) is 0.221. The molecule has 4 rings (SSSR count). The fourth-order valence-corrected chi connectivity index (χ4v) is 4.92. The molecule has 0 aliphatic carbocycles. The Bertz CT molecular complexity index is 1100. The lowest BCUT2D eigenvalue weighted by atomic mass is 10.2. The van der Waals surface area contributed by atoms with Crippen LogP contribution < -0.4 is 5.32 Å². The van der Waals surface area contributed by atoms with Crippen molar-refractivity contribution in [1.29, 1.82) is 0 Å². The van der Waals surface area contributed by atoms with Gasteiger partial charge in [-0.15, -0.1) is 0 Å². The molecule has 0 bridgehead atoms. The second kappa shape index (κ2) is 9.86. The number of aliphatic hydroxyl groups excluding tert-OH is 1. The highest BCUT2D eigenvalue weighted by Crippen LogP contribution is 2.44. The van der Waals surface area contributed by atoms with Gasteiger partial charge < -0.3 is 20.1 Å². The first-order valence-corrected chi connectivity index (χ1v) is 12.9. The molecule has 0 saturated carbocycles. The number of aliphatic hydroxyl groups is 1. The number of nitrogens with one attached hydrogen (secondary N) is 1. The maximum Gasteiger partial charge on any atom is 0.437 e. The van der Waals surface area contributed by atoms with E-state index in [-0.39, 0.29) is 13.0 Å². The molecular formula is C18H26N7O5PS. The molecule has 32 heavy (non-hydrogen) atoms. The van der Waals surface area contributed by atoms with Crippen LogP contribution in [0.2, 0.25) is 0 Å². The van der Waals surface area contributed by atoms with Crippen molar-refractivity contribution in [2.24, 2.45) is 0 Å². The minimum atomic E-state index is -4.11. The summed E-state index contributed by atoms with van der Waals surface area (Å²) >= 11 is 1.56. The van der Waals surface area contributed by atoms with Crippen LogP contribution in [0.25, 0.3) is 11.2 Å². The van der Waals surface area contributed by atoms with Crippen LogP contribution in [-0.2, 0) is 13.8 Å². The maximum absolute atomic E-state index is 12.3. The van der Waals surface area contributed by atoms with Gasteiger partial charge in [0, 0.05) is 31.1 Å². The van der Waals surface area contributed by atoms with Crippen LogP contribution in [0.5, 0.6) is 0 Å². The third kappa shape index (κ3) is 4.82. The first-order chi connectivity index (χ1) is 15.4. The molecule has 1 saturated heterocycles. The Kier molecular flexibility index (Phi) is 7.13. The molecule has 0 aromatic carbocycles. The van der Waals surface area contributed by atoms with E-state index in [2.05, 4.69) is 32.2 Å². The lowest BCUT2D eigenvalue weighted by Crippen LogP contribution is -2.26. The third-order valence-electron chi connectivity index (χ3n) is 4.88. The molecule has 12 nitrogen and oxygen atoms in total. The van der Waals surface area contributed by atoms with Gasteiger partial charge in [-0.1, -0.05) is 18.7 Å². The van der Waals surface area contributed by atoms with Gasteiger partial charge >= 0.3 is 7.75 Å². The molecule has 14 heteroatoms. The third-order valence-corrected chi connectivity index (χ3v) is 7.24. The van der Waals surface area contributed by atoms with E-state index in [1.165, 1.54) is 18.7 Å². The number of thioether (sulfide) groups is 1. The molecule has 1 unspecified atom stereocenters. The normalized spacial score (nSPS) is 22.9. The van der Waals surface area contributed by atoms with Crippen molar-refractivity contribution in [1.82, 2.24) is 28.8 Å². The van der Waals surface area contributed by atoms with Crippen LogP contribution in [0.1, 0.15) is 32.9 Å². The number of hydrogen-bond donors (Lipinski definition) is 3. The smallest absolute Gasteiger partial charge is 0.390 e. The van der Waals surface area contributed by atoms with Crippen LogP contribution in [0.3, 0.4) is 0 Å². The zero-order chi connectivity index (χ0) is 22.7. The van der Waals surface area contributed by atoms with Crippen molar-refractivity contribution in [3.05, 3.63) is 25.0 Å². The second-order valence-electron chi connectivity index (χ2n) is 7.22. The molecule has 174 valence electrons. The Morgan fingerprint density at radius 3 is 2.94 bits per heavy atom. The first-order valence-electron chi connectivity index (χ1n) is 10.3. The summed E-state index contributed by atoms with van der Waals surface area (Å²) in [5, 5.41) is 14.3. The van der Waals surface area contributed by atoms with E-state index in [0.717, 1.165) is 16.5 Å². The van der Waals surface area contributed by atoms with Gasteiger partial charge in [-0.3, -0.25) is 9.09 Å². The number of fused-ring (bicyclic) bond motifs is 1. The monoisotopic (exact) mass is 483 g/mol. The molecule has 0 radical (unpaired) electrons. The van der Waals surface area contributed by atoms with E-state index < -0.39 is 26.2 Å². The van der Waals surface area contributed by atoms with Gasteiger partial charge in [0.2, 0.25) is 0 Å². The summed E-state index contributed by atoms with van der Waals surface area (Å²) in [5.41, 5.74) is 1.21. The lowest BCUT2D eigenvalue weighted by Gasteiger charge is -2.18. The summed E-state index contributed by atoms with van der Waals surface area (Å²) in [4.78, 5) is 27.5. The van der Waals surface area contributed by atoms with E-state index in [0.29, 0.717) is 28.7 Å². The summed E-state index contributed by atoms with van der Waals surface area (Å²) in [7, 11) is -4.11. The van der Waals surface area contributed by atoms with Crippen molar-refractivity contribution in [3.8, 4) is 0 Å². The summed E-state index contributed by atoms with van der Waals surface area (Å²) < 4.78 is 26.2. The Balaban J connectivity index is 1.53. The molecule has 1 aliphatic heterocycles. The zero-order valence-corrected chi connectivity index (χ0v) is 19.4. The summed E-state index contributed by atoms with van der Waals surface area (Å²) in [6.45, 7) is 4.50. The van der Waals surface area contributed by atoms with Gasteiger partial charge in [-0.2, -0.15) is 0 Å². The van der Waals surface area contributed by atoms with E-state index in [9.17, 15) is 14.6 Å². The minimum Gasteiger partial charge on any atom is -0.390 e. The molecule has 4 atom stereocenters. The van der Waals surface area contributed by atoms with E-state index in [1.807, 2.05) is 6.92 Å². The van der Waals surface area contributed by atoms with Gasteiger partial charge in [0.15, 0.2) is 22.1 Å².